The molecule has 3 rings (SSSR count). The normalized spacial score (nSPS) is 20.1. The lowest BCUT2D eigenvalue weighted by Crippen LogP contribution is -2.24. The second-order valence-electron chi connectivity index (χ2n) is 6.65. The van der Waals surface area contributed by atoms with Crippen LogP contribution < -0.4 is 0 Å². The van der Waals surface area contributed by atoms with Gasteiger partial charge in [-0.3, -0.25) is 0 Å². The Morgan fingerprint density at radius 2 is 1.57 bits per heavy atom. The number of piperidine rings is 2. The molecule has 2 saturated heterocycles. The van der Waals surface area contributed by atoms with E-state index in [-0.39, 0.29) is 0 Å². The van der Waals surface area contributed by atoms with Crippen LogP contribution in [0.5, 0.6) is 0 Å². The molecule has 0 aromatic heterocycles. The number of hydrogen-bond acceptors (Lipinski definition) is 1. The second kappa shape index (κ2) is 8.71. The lowest BCUT2D eigenvalue weighted by Gasteiger charge is -2.24. The van der Waals surface area contributed by atoms with Crippen LogP contribution in [0.15, 0.2) is 48.7 Å². The molecule has 1 aromatic carbocycles. The van der Waals surface area contributed by atoms with Gasteiger partial charge in [-0.1, -0.05) is 30.3 Å². The Morgan fingerprint density at radius 1 is 0.870 bits per heavy atom. The van der Waals surface area contributed by atoms with Gasteiger partial charge in [-0.2, -0.15) is 0 Å². The van der Waals surface area contributed by atoms with E-state index in [0.29, 0.717) is 0 Å². The summed E-state index contributed by atoms with van der Waals surface area (Å²) in [6, 6.07) is 10.7. The molecule has 0 N–H and O–H groups in total. The smallest absolute Gasteiger partial charge is 0.163 e. The van der Waals surface area contributed by atoms with E-state index < -0.39 is 0 Å². The van der Waals surface area contributed by atoms with Crippen LogP contribution in [-0.4, -0.2) is 41.9 Å². The van der Waals surface area contributed by atoms with Gasteiger partial charge in [-0.25, -0.2) is 4.58 Å². The van der Waals surface area contributed by atoms with Crippen LogP contribution in [-0.2, 0) is 0 Å². The molecule has 2 fully saturated rings. The van der Waals surface area contributed by atoms with Crippen LogP contribution in [0, 0.1) is 0 Å². The number of benzene rings is 1. The van der Waals surface area contributed by atoms with Gasteiger partial charge in [0.15, 0.2) is 6.21 Å². The van der Waals surface area contributed by atoms with Crippen molar-refractivity contribution in [2.75, 3.05) is 26.2 Å². The maximum Gasteiger partial charge on any atom is 0.163 e. The van der Waals surface area contributed by atoms with E-state index >= 15 is 0 Å². The van der Waals surface area contributed by atoms with E-state index in [1.165, 1.54) is 75.8 Å². The SMILES string of the molecule is C(/C=C(/C=C/N1CCCCC1)c1ccccc1)=[N+]1CCCCC1. The van der Waals surface area contributed by atoms with E-state index in [2.05, 4.69) is 64.4 Å². The van der Waals surface area contributed by atoms with Crippen LogP contribution in [0.2, 0.25) is 0 Å². The summed E-state index contributed by atoms with van der Waals surface area (Å²) in [4.78, 5) is 2.46. The van der Waals surface area contributed by atoms with Gasteiger partial charge in [0, 0.05) is 32.0 Å². The van der Waals surface area contributed by atoms with Gasteiger partial charge in [0.05, 0.1) is 0 Å². The van der Waals surface area contributed by atoms with Crippen LogP contribution in [0.25, 0.3) is 5.57 Å². The van der Waals surface area contributed by atoms with E-state index in [1.54, 1.807) is 0 Å². The van der Waals surface area contributed by atoms with Gasteiger partial charge in [0.1, 0.15) is 13.1 Å². The molecule has 0 radical (unpaired) electrons. The van der Waals surface area contributed by atoms with E-state index in [4.69, 9.17) is 0 Å². The first-order valence-electron chi connectivity index (χ1n) is 9.19. The fourth-order valence-corrected chi connectivity index (χ4v) is 3.38. The number of hydrogen-bond donors (Lipinski definition) is 0. The molecule has 0 saturated carbocycles. The van der Waals surface area contributed by atoms with Gasteiger partial charge < -0.3 is 4.90 Å². The van der Waals surface area contributed by atoms with Gasteiger partial charge in [0.2, 0.25) is 0 Å². The molecular formula is C21H29N2+. The van der Waals surface area contributed by atoms with Crippen LogP contribution in [0.4, 0.5) is 0 Å². The van der Waals surface area contributed by atoms with Gasteiger partial charge >= 0.3 is 0 Å². The number of nitrogens with zero attached hydrogens (tertiary/aromatic N) is 2. The fourth-order valence-electron chi connectivity index (χ4n) is 3.38. The summed E-state index contributed by atoms with van der Waals surface area (Å²) in [6.07, 6.45) is 17.3. The first-order valence-corrected chi connectivity index (χ1v) is 9.19. The Bertz CT molecular complexity index is 555. The minimum absolute atomic E-state index is 1.20. The highest BCUT2D eigenvalue weighted by atomic mass is 15.1. The molecule has 23 heavy (non-hydrogen) atoms. The third kappa shape index (κ3) is 5.09. The molecule has 0 atom stereocenters. The summed E-state index contributed by atoms with van der Waals surface area (Å²) in [5, 5.41) is 0. The van der Waals surface area contributed by atoms with Crippen LogP contribution in [0.1, 0.15) is 44.1 Å². The zero-order chi connectivity index (χ0) is 15.7. The minimum Gasteiger partial charge on any atom is -0.377 e. The lowest BCUT2D eigenvalue weighted by atomic mass is 10.1. The Kier molecular flexibility index (Phi) is 6.08. The minimum atomic E-state index is 1.20. The number of allylic oxidation sites excluding steroid dienone is 3. The summed E-state index contributed by atoms with van der Waals surface area (Å²) in [5.74, 6) is 0. The number of rotatable bonds is 4. The molecule has 0 amide bonds. The Balaban J connectivity index is 1.77. The molecular weight excluding hydrogens is 280 g/mol. The third-order valence-electron chi connectivity index (χ3n) is 4.82. The van der Waals surface area contributed by atoms with Crippen molar-refractivity contribution in [1.82, 2.24) is 4.90 Å². The van der Waals surface area contributed by atoms with E-state index in [1.807, 2.05) is 0 Å². The zero-order valence-corrected chi connectivity index (χ0v) is 14.2. The van der Waals surface area contributed by atoms with Gasteiger partial charge in [0.25, 0.3) is 0 Å². The molecule has 2 nitrogen and oxygen atoms in total. The van der Waals surface area contributed by atoms with Gasteiger partial charge in [-0.05, 0) is 49.1 Å². The first-order chi connectivity index (χ1) is 11.4. The standard InChI is InChI=1S/C21H29N2/c1-4-10-20(11-5-1)21(12-18-22-14-6-2-7-15-22)13-19-23-16-8-3-9-17-23/h1,4-5,10-13,18-19H,2-3,6-9,14-17H2/q+1. The lowest BCUT2D eigenvalue weighted by molar-refractivity contribution is -0.532. The topological polar surface area (TPSA) is 6.25 Å². The highest BCUT2D eigenvalue weighted by Gasteiger charge is 2.10. The van der Waals surface area contributed by atoms with Crippen molar-refractivity contribution in [3.63, 3.8) is 0 Å². The molecule has 2 aliphatic heterocycles. The molecule has 0 unspecified atom stereocenters. The van der Waals surface area contributed by atoms with Crippen LogP contribution >= 0.6 is 0 Å². The molecule has 2 heterocycles. The molecule has 0 spiro atoms. The maximum absolute atomic E-state index is 2.46. The number of likely N-dealkylation sites (tertiary alicyclic amines) is 1. The average Bonchev–Trinajstić information content (AvgIpc) is 2.64. The predicted molar refractivity (Wildman–Crippen MR) is 98.9 cm³/mol. The first kappa shape index (κ1) is 16.0. The fraction of sp³-hybridized carbons (Fsp3) is 0.476. The Labute approximate surface area is 140 Å². The van der Waals surface area contributed by atoms with Crippen molar-refractivity contribution in [2.24, 2.45) is 0 Å². The molecule has 0 aliphatic carbocycles. The summed E-state index contributed by atoms with van der Waals surface area (Å²) >= 11 is 0. The van der Waals surface area contributed by atoms with Crippen molar-refractivity contribution in [2.45, 2.75) is 38.5 Å². The largest absolute Gasteiger partial charge is 0.377 e. The van der Waals surface area contributed by atoms with Crippen molar-refractivity contribution >= 4 is 11.8 Å². The monoisotopic (exact) mass is 309 g/mol. The van der Waals surface area contributed by atoms with Crippen molar-refractivity contribution in [1.29, 1.82) is 0 Å². The van der Waals surface area contributed by atoms with Crippen molar-refractivity contribution < 1.29 is 4.58 Å². The predicted octanol–water partition coefficient (Wildman–Crippen LogP) is 4.34. The highest BCUT2D eigenvalue weighted by molar-refractivity contribution is 5.86. The van der Waals surface area contributed by atoms with Crippen molar-refractivity contribution in [3.05, 3.63) is 54.2 Å². The summed E-state index contributed by atoms with van der Waals surface area (Å²) in [7, 11) is 0. The molecule has 122 valence electrons. The summed E-state index contributed by atoms with van der Waals surface area (Å²) in [6.45, 7) is 4.81. The molecule has 2 aliphatic rings. The van der Waals surface area contributed by atoms with E-state index in [9.17, 15) is 0 Å². The highest BCUT2D eigenvalue weighted by Crippen LogP contribution is 2.17. The molecule has 0 bridgehead atoms. The Hall–Kier alpha value is -1.83. The average molecular weight is 309 g/mol. The van der Waals surface area contributed by atoms with E-state index in [0.717, 1.165) is 0 Å². The third-order valence-corrected chi connectivity index (χ3v) is 4.82. The van der Waals surface area contributed by atoms with Crippen molar-refractivity contribution in [3.8, 4) is 0 Å². The summed E-state index contributed by atoms with van der Waals surface area (Å²) in [5.41, 5.74) is 2.61. The molecule has 1 aromatic rings. The summed E-state index contributed by atoms with van der Waals surface area (Å²) < 4.78 is 2.46. The second-order valence-corrected chi connectivity index (χ2v) is 6.65. The maximum atomic E-state index is 2.46. The van der Waals surface area contributed by atoms with Crippen LogP contribution in [0.3, 0.4) is 0 Å². The Morgan fingerprint density at radius 3 is 2.30 bits per heavy atom. The van der Waals surface area contributed by atoms with Gasteiger partial charge in [-0.15, -0.1) is 0 Å². The molecule has 2 heteroatoms. The zero-order valence-electron chi connectivity index (χ0n) is 14.2. The quantitative estimate of drug-likeness (QED) is 0.592.